The van der Waals surface area contributed by atoms with Crippen molar-refractivity contribution in [3.63, 3.8) is 0 Å². The van der Waals surface area contributed by atoms with Gasteiger partial charge in [0.2, 0.25) is 0 Å². The molecule has 0 aliphatic carbocycles. The molecule has 0 aliphatic rings. The topological polar surface area (TPSA) is 21.3 Å². The van der Waals surface area contributed by atoms with Crippen molar-refractivity contribution in [3.05, 3.63) is 29.3 Å². The van der Waals surface area contributed by atoms with Gasteiger partial charge in [-0.1, -0.05) is 26.0 Å². The fraction of sp³-hybridized carbons (Fsp3) is 0.600. The lowest BCUT2D eigenvalue weighted by atomic mass is 9.95. The van der Waals surface area contributed by atoms with Crippen molar-refractivity contribution in [2.24, 2.45) is 0 Å². The third kappa shape index (κ3) is 3.92. The van der Waals surface area contributed by atoms with Gasteiger partial charge in [0.1, 0.15) is 5.75 Å². The molecule has 2 nitrogen and oxygen atoms in total. The minimum atomic E-state index is 0.431. The molecule has 1 N–H and O–H groups in total. The zero-order chi connectivity index (χ0) is 13.5. The van der Waals surface area contributed by atoms with Crippen LogP contribution < -0.4 is 10.1 Å². The van der Waals surface area contributed by atoms with Gasteiger partial charge in [-0.05, 0) is 48.6 Å². The van der Waals surface area contributed by atoms with Crippen LogP contribution in [0.15, 0.2) is 18.2 Å². The molecule has 0 spiro atoms. The summed E-state index contributed by atoms with van der Waals surface area (Å²) in [4.78, 5) is 0. The predicted molar refractivity (Wildman–Crippen MR) is 81.9 cm³/mol. The molecule has 0 heterocycles. The molecule has 18 heavy (non-hydrogen) atoms. The van der Waals surface area contributed by atoms with Crippen molar-refractivity contribution < 1.29 is 4.74 Å². The molecular weight excluding hydrogens is 242 g/mol. The van der Waals surface area contributed by atoms with Crippen LogP contribution in [0.2, 0.25) is 0 Å². The summed E-state index contributed by atoms with van der Waals surface area (Å²) in [5, 5.41) is 3.40. The van der Waals surface area contributed by atoms with Crippen LogP contribution in [-0.2, 0) is 0 Å². The molecule has 0 saturated carbocycles. The first-order valence-corrected chi connectivity index (χ1v) is 7.87. The van der Waals surface area contributed by atoms with E-state index in [-0.39, 0.29) is 0 Å². The average molecular weight is 267 g/mol. The molecule has 0 radical (unpaired) electrons. The lowest BCUT2D eigenvalue weighted by Crippen LogP contribution is -2.17. The van der Waals surface area contributed by atoms with Crippen LogP contribution in [0, 0.1) is 0 Å². The monoisotopic (exact) mass is 267 g/mol. The number of hydrogen-bond acceptors (Lipinski definition) is 3. The van der Waals surface area contributed by atoms with E-state index < -0.39 is 0 Å². The third-order valence-corrected chi connectivity index (χ3v) is 3.88. The molecule has 1 atom stereocenters. The predicted octanol–water partition coefficient (Wildman–Crippen LogP) is 3.83. The molecule has 1 aromatic carbocycles. The van der Waals surface area contributed by atoms with Gasteiger partial charge in [-0.15, -0.1) is 0 Å². The zero-order valence-corrected chi connectivity index (χ0v) is 12.9. The molecule has 0 bridgehead atoms. The maximum atomic E-state index is 5.43. The van der Waals surface area contributed by atoms with Gasteiger partial charge in [-0.3, -0.25) is 0 Å². The standard InChI is InChI=1S/C15H25NOS/c1-11(2)13-10-12(6-7-15(13)17-4)14(16-3)8-9-18-5/h6-7,10-11,14,16H,8-9H2,1-5H3. The summed E-state index contributed by atoms with van der Waals surface area (Å²) in [7, 11) is 3.77. The quantitative estimate of drug-likeness (QED) is 0.811. The van der Waals surface area contributed by atoms with E-state index in [1.165, 1.54) is 16.9 Å². The van der Waals surface area contributed by atoms with Crippen molar-refractivity contribution in [2.45, 2.75) is 32.2 Å². The van der Waals surface area contributed by atoms with E-state index in [4.69, 9.17) is 4.74 Å². The molecule has 0 aliphatic heterocycles. The van der Waals surface area contributed by atoms with Crippen LogP contribution in [0.4, 0.5) is 0 Å². The Hall–Kier alpha value is -0.670. The number of nitrogens with one attached hydrogen (secondary N) is 1. The normalized spacial score (nSPS) is 12.8. The summed E-state index contributed by atoms with van der Waals surface area (Å²) in [5.74, 6) is 2.65. The number of hydrogen-bond donors (Lipinski definition) is 1. The van der Waals surface area contributed by atoms with E-state index >= 15 is 0 Å². The molecule has 0 aromatic heterocycles. The van der Waals surface area contributed by atoms with Crippen LogP contribution >= 0.6 is 11.8 Å². The van der Waals surface area contributed by atoms with Crippen molar-refractivity contribution in [1.82, 2.24) is 5.32 Å². The summed E-state index contributed by atoms with van der Waals surface area (Å²) in [6.45, 7) is 4.41. The van der Waals surface area contributed by atoms with Crippen molar-refractivity contribution in [1.29, 1.82) is 0 Å². The second-order valence-corrected chi connectivity index (χ2v) is 5.76. The van der Waals surface area contributed by atoms with Gasteiger partial charge in [0.05, 0.1) is 7.11 Å². The van der Waals surface area contributed by atoms with E-state index in [0.717, 1.165) is 12.2 Å². The van der Waals surface area contributed by atoms with Crippen LogP contribution in [0.1, 0.15) is 43.4 Å². The Morgan fingerprint density at radius 1 is 1.33 bits per heavy atom. The van der Waals surface area contributed by atoms with E-state index in [2.05, 4.69) is 43.6 Å². The summed E-state index contributed by atoms with van der Waals surface area (Å²) >= 11 is 1.89. The molecule has 1 rings (SSSR count). The number of rotatable bonds is 7. The Morgan fingerprint density at radius 2 is 2.06 bits per heavy atom. The third-order valence-electron chi connectivity index (χ3n) is 3.24. The lowest BCUT2D eigenvalue weighted by Gasteiger charge is -2.19. The molecule has 1 unspecified atom stereocenters. The van der Waals surface area contributed by atoms with Gasteiger partial charge in [-0.25, -0.2) is 0 Å². The van der Waals surface area contributed by atoms with E-state index in [0.29, 0.717) is 12.0 Å². The Bertz CT molecular complexity index is 366. The number of benzene rings is 1. The highest BCUT2D eigenvalue weighted by atomic mass is 32.2. The maximum Gasteiger partial charge on any atom is 0.122 e. The molecule has 0 fully saturated rings. The highest BCUT2D eigenvalue weighted by Crippen LogP contribution is 2.30. The second-order valence-electron chi connectivity index (χ2n) is 4.78. The fourth-order valence-corrected chi connectivity index (χ4v) is 2.61. The SMILES string of the molecule is CNC(CCSC)c1ccc(OC)c(C(C)C)c1. The summed E-state index contributed by atoms with van der Waals surface area (Å²) in [6.07, 6.45) is 3.31. The van der Waals surface area contributed by atoms with Gasteiger partial charge in [0.15, 0.2) is 0 Å². The van der Waals surface area contributed by atoms with Gasteiger partial charge in [0, 0.05) is 6.04 Å². The Morgan fingerprint density at radius 3 is 2.56 bits per heavy atom. The first kappa shape index (κ1) is 15.4. The number of methoxy groups -OCH3 is 1. The highest BCUT2D eigenvalue weighted by molar-refractivity contribution is 7.98. The Kier molecular flexibility index (Phi) is 6.58. The molecule has 0 saturated heterocycles. The maximum absolute atomic E-state index is 5.43. The minimum absolute atomic E-state index is 0.431. The molecule has 3 heteroatoms. The first-order valence-electron chi connectivity index (χ1n) is 6.48. The van der Waals surface area contributed by atoms with E-state index in [9.17, 15) is 0 Å². The Balaban J connectivity index is 2.98. The highest BCUT2D eigenvalue weighted by Gasteiger charge is 2.13. The van der Waals surface area contributed by atoms with Crippen molar-refractivity contribution >= 4 is 11.8 Å². The van der Waals surface area contributed by atoms with E-state index in [1.807, 2.05) is 18.8 Å². The van der Waals surface area contributed by atoms with Gasteiger partial charge >= 0.3 is 0 Å². The van der Waals surface area contributed by atoms with Crippen LogP contribution in [0.25, 0.3) is 0 Å². The van der Waals surface area contributed by atoms with Gasteiger partial charge in [-0.2, -0.15) is 11.8 Å². The minimum Gasteiger partial charge on any atom is -0.496 e. The average Bonchev–Trinajstić information content (AvgIpc) is 2.39. The van der Waals surface area contributed by atoms with Crippen LogP contribution in [0.3, 0.4) is 0 Å². The summed E-state index contributed by atoms with van der Waals surface area (Å²) in [6, 6.07) is 6.98. The largest absolute Gasteiger partial charge is 0.496 e. The van der Waals surface area contributed by atoms with Crippen LogP contribution in [-0.4, -0.2) is 26.2 Å². The molecule has 1 aromatic rings. The number of ether oxygens (including phenoxy) is 1. The van der Waals surface area contributed by atoms with Crippen molar-refractivity contribution in [2.75, 3.05) is 26.2 Å². The van der Waals surface area contributed by atoms with Gasteiger partial charge < -0.3 is 10.1 Å². The molecule has 0 amide bonds. The van der Waals surface area contributed by atoms with Crippen LogP contribution in [0.5, 0.6) is 5.75 Å². The summed E-state index contributed by atoms with van der Waals surface area (Å²) < 4.78 is 5.43. The van der Waals surface area contributed by atoms with Crippen molar-refractivity contribution in [3.8, 4) is 5.75 Å². The smallest absolute Gasteiger partial charge is 0.122 e. The molecule has 102 valence electrons. The second kappa shape index (κ2) is 7.70. The van der Waals surface area contributed by atoms with E-state index in [1.54, 1.807) is 7.11 Å². The number of thioether (sulfide) groups is 1. The summed E-state index contributed by atoms with van der Waals surface area (Å²) in [5.41, 5.74) is 2.65. The zero-order valence-electron chi connectivity index (χ0n) is 12.1. The fourth-order valence-electron chi connectivity index (χ4n) is 2.13. The van der Waals surface area contributed by atoms with Gasteiger partial charge in [0.25, 0.3) is 0 Å². The lowest BCUT2D eigenvalue weighted by molar-refractivity contribution is 0.407. The Labute approximate surface area is 116 Å². The first-order chi connectivity index (χ1) is 8.63. The molecular formula is C15H25NOS.